The molecule has 0 saturated heterocycles. The summed E-state index contributed by atoms with van der Waals surface area (Å²) in [6.45, 7) is 5.49. The molecule has 2 N–H and O–H groups in total. The topological polar surface area (TPSA) is 106 Å². The van der Waals surface area contributed by atoms with Crippen LogP contribution in [0.25, 0.3) is 0 Å². The Hall–Kier alpha value is -2.57. The molecule has 0 fully saturated rings. The maximum Gasteiger partial charge on any atom is 0.371 e. The molecular weight excluding hydrogens is 276 g/mol. The van der Waals surface area contributed by atoms with Gasteiger partial charge < -0.3 is 19.4 Å². The van der Waals surface area contributed by atoms with Crippen LogP contribution < -0.4 is 5.32 Å². The maximum atomic E-state index is 12.0. The summed E-state index contributed by atoms with van der Waals surface area (Å²) in [6.07, 6.45) is 0.569. The molecule has 1 amide bonds. The van der Waals surface area contributed by atoms with Gasteiger partial charge in [0.25, 0.3) is 5.91 Å². The summed E-state index contributed by atoms with van der Waals surface area (Å²) in [5.41, 5.74) is 1.74. The van der Waals surface area contributed by atoms with E-state index < -0.39 is 11.9 Å². The van der Waals surface area contributed by atoms with E-state index in [2.05, 4.69) is 10.5 Å². The molecule has 7 heteroatoms. The van der Waals surface area contributed by atoms with Crippen LogP contribution in [-0.2, 0) is 6.42 Å². The minimum atomic E-state index is -1.21. The third kappa shape index (κ3) is 3.31. The van der Waals surface area contributed by atoms with Crippen LogP contribution in [0.3, 0.4) is 0 Å². The van der Waals surface area contributed by atoms with Crippen molar-refractivity contribution in [1.29, 1.82) is 0 Å². The van der Waals surface area contributed by atoms with Gasteiger partial charge in [-0.3, -0.25) is 4.79 Å². The molecule has 1 atom stereocenters. The van der Waals surface area contributed by atoms with Gasteiger partial charge >= 0.3 is 5.97 Å². The smallest absolute Gasteiger partial charge is 0.371 e. The first kappa shape index (κ1) is 14.8. The van der Waals surface area contributed by atoms with E-state index >= 15 is 0 Å². The number of hydrogen-bond acceptors (Lipinski definition) is 5. The van der Waals surface area contributed by atoms with E-state index in [0.717, 1.165) is 17.0 Å². The number of rotatable bonds is 5. The van der Waals surface area contributed by atoms with Crippen molar-refractivity contribution in [3.8, 4) is 0 Å². The van der Waals surface area contributed by atoms with E-state index in [1.165, 1.54) is 12.1 Å². The van der Waals surface area contributed by atoms with Gasteiger partial charge in [-0.15, -0.1) is 0 Å². The number of carbonyl (C=O) groups is 2. The van der Waals surface area contributed by atoms with Crippen LogP contribution in [-0.4, -0.2) is 28.2 Å². The summed E-state index contributed by atoms with van der Waals surface area (Å²) in [5, 5.41) is 15.4. The first-order chi connectivity index (χ1) is 9.88. The summed E-state index contributed by atoms with van der Waals surface area (Å²) in [4.78, 5) is 22.7. The second-order valence-electron chi connectivity index (χ2n) is 4.85. The zero-order valence-corrected chi connectivity index (χ0v) is 12.0. The minimum absolute atomic E-state index is 0.0296. The number of aromatic nitrogens is 1. The second-order valence-corrected chi connectivity index (χ2v) is 4.85. The SMILES string of the molecule is Cc1noc(C)c1CC(C)NC(=O)c1ccc(C(=O)O)o1. The standard InChI is InChI=1S/C14H16N2O5/c1-7(6-10-8(2)16-21-9(10)3)15-13(17)11-4-5-12(20-11)14(18)19/h4-5,7H,6H2,1-3H3,(H,15,17)(H,18,19). The lowest BCUT2D eigenvalue weighted by Gasteiger charge is -2.12. The van der Waals surface area contributed by atoms with Crippen molar-refractivity contribution >= 4 is 11.9 Å². The van der Waals surface area contributed by atoms with E-state index in [1.807, 2.05) is 20.8 Å². The molecule has 112 valence electrons. The largest absolute Gasteiger partial charge is 0.475 e. The van der Waals surface area contributed by atoms with E-state index in [1.54, 1.807) is 0 Å². The van der Waals surface area contributed by atoms with Gasteiger partial charge in [0.2, 0.25) is 5.76 Å². The lowest BCUT2D eigenvalue weighted by molar-refractivity contribution is 0.0659. The van der Waals surface area contributed by atoms with Crippen LogP contribution in [0.2, 0.25) is 0 Å². The van der Waals surface area contributed by atoms with Gasteiger partial charge in [0, 0.05) is 11.6 Å². The van der Waals surface area contributed by atoms with E-state index in [0.29, 0.717) is 6.42 Å². The molecule has 0 aliphatic carbocycles. The predicted molar refractivity (Wildman–Crippen MR) is 72.3 cm³/mol. The van der Waals surface area contributed by atoms with Crippen molar-refractivity contribution in [3.63, 3.8) is 0 Å². The summed E-state index contributed by atoms with van der Waals surface area (Å²) in [5.74, 6) is -1.24. The highest BCUT2D eigenvalue weighted by Crippen LogP contribution is 2.15. The van der Waals surface area contributed by atoms with Gasteiger partial charge in [-0.1, -0.05) is 5.16 Å². The normalized spacial score (nSPS) is 12.1. The number of amides is 1. The van der Waals surface area contributed by atoms with Gasteiger partial charge in [-0.2, -0.15) is 0 Å². The molecule has 0 aliphatic rings. The van der Waals surface area contributed by atoms with Crippen LogP contribution in [0.1, 0.15) is 45.1 Å². The predicted octanol–water partition coefficient (Wildman–Crippen LogP) is 1.94. The van der Waals surface area contributed by atoms with Crippen molar-refractivity contribution in [3.05, 3.63) is 40.7 Å². The molecule has 21 heavy (non-hydrogen) atoms. The number of carboxylic acid groups (broad SMARTS) is 1. The summed E-state index contributed by atoms with van der Waals surface area (Å²) in [7, 11) is 0. The maximum absolute atomic E-state index is 12.0. The monoisotopic (exact) mass is 292 g/mol. The summed E-state index contributed by atoms with van der Waals surface area (Å²) >= 11 is 0. The van der Waals surface area contributed by atoms with Crippen molar-refractivity contribution in [1.82, 2.24) is 10.5 Å². The van der Waals surface area contributed by atoms with Gasteiger partial charge in [0.15, 0.2) is 5.76 Å². The molecule has 0 aromatic carbocycles. The number of nitrogens with zero attached hydrogens (tertiary/aromatic N) is 1. The number of hydrogen-bond donors (Lipinski definition) is 2. The third-order valence-electron chi connectivity index (χ3n) is 3.11. The Morgan fingerprint density at radius 3 is 2.52 bits per heavy atom. The van der Waals surface area contributed by atoms with Crippen LogP contribution in [0.5, 0.6) is 0 Å². The van der Waals surface area contributed by atoms with E-state index in [9.17, 15) is 9.59 Å². The van der Waals surface area contributed by atoms with E-state index in [-0.39, 0.29) is 17.6 Å². The molecule has 0 saturated carbocycles. The van der Waals surface area contributed by atoms with Crippen LogP contribution in [0.4, 0.5) is 0 Å². The van der Waals surface area contributed by atoms with Crippen LogP contribution in [0, 0.1) is 13.8 Å². The highest BCUT2D eigenvalue weighted by molar-refractivity contribution is 5.93. The molecule has 0 radical (unpaired) electrons. The van der Waals surface area contributed by atoms with Gasteiger partial charge in [0.1, 0.15) is 5.76 Å². The number of aryl methyl sites for hydroxylation is 2. The van der Waals surface area contributed by atoms with Crippen LogP contribution >= 0.6 is 0 Å². The summed E-state index contributed by atoms with van der Waals surface area (Å²) < 4.78 is 10.0. The molecule has 2 aromatic heterocycles. The van der Waals surface area contributed by atoms with Gasteiger partial charge in [-0.05, 0) is 39.3 Å². The first-order valence-electron chi connectivity index (χ1n) is 6.44. The Morgan fingerprint density at radius 1 is 1.33 bits per heavy atom. The Balaban J connectivity index is 2.00. The van der Waals surface area contributed by atoms with Crippen molar-refractivity contribution in [2.75, 3.05) is 0 Å². The Kier molecular flexibility index (Phi) is 4.11. The van der Waals surface area contributed by atoms with Gasteiger partial charge in [-0.25, -0.2) is 4.79 Å². The second kappa shape index (κ2) is 5.82. The van der Waals surface area contributed by atoms with E-state index in [4.69, 9.17) is 14.0 Å². The number of aromatic carboxylic acids is 1. The average Bonchev–Trinajstić information content (AvgIpc) is 3.01. The first-order valence-corrected chi connectivity index (χ1v) is 6.44. The fourth-order valence-corrected chi connectivity index (χ4v) is 2.02. The van der Waals surface area contributed by atoms with Crippen LogP contribution in [0.15, 0.2) is 21.1 Å². The molecular formula is C14H16N2O5. The highest BCUT2D eigenvalue weighted by Gasteiger charge is 2.18. The van der Waals surface area contributed by atoms with Crippen molar-refractivity contribution in [2.24, 2.45) is 0 Å². The number of carboxylic acids is 1. The highest BCUT2D eigenvalue weighted by atomic mass is 16.5. The molecule has 0 spiro atoms. The minimum Gasteiger partial charge on any atom is -0.475 e. The van der Waals surface area contributed by atoms with Gasteiger partial charge in [0.05, 0.1) is 5.69 Å². The Morgan fingerprint density at radius 2 is 2.00 bits per heavy atom. The zero-order chi connectivity index (χ0) is 15.6. The quantitative estimate of drug-likeness (QED) is 0.872. The molecule has 1 unspecified atom stereocenters. The lowest BCUT2D eigenvalue weighted by atomic mass is 10.1. The lowest BCUT2D eigenvalue weighted by Crippen LogP contribution is -2.34. The Bertz CT molecular complexity index is 651. The fourth-order valence-electron chi connectivity index (χ4n) is 2.02. The Labute approximate surface area is 120 Å². The zero-order valence-electron chi connectivity index (χ0n) is 12.0. The molecule has 0 bridgehead atoms. The fraction of sp³-hybridized carbons (Fsp3) is 0.357. The average molecular weight is 292 g/mol. The summed E-state index contributed by atoms with van der Waals surface area (Å²) in [6, 6.07) is 2.41. The molecule has 7 nitrogen and oxygen atoms in total. The molecule has 2 aromatic rings. The molecule has 2 heterocycles. The number of furan rings is 1. The molecule has 0 aliphatic heterocycles. The van der Waals surface area contributed by atoms with Crippen molar-refractivity contribution < 1.29 is 23.6 Å². The number of nitrogens with one attached hydrogen (secondary N) is 1. The molecule has 2 rings (SSSR count). The van der Waals surface area contributed by atoms with Crippen molar-refractivity contribution in [2.45, 2.75) is 33.2 Å². The third-order valence-corrected chi connectivity index (χ3v) is 3.11. The number of carbonyl (C=O) groups excluding carboxylic acids is 1.